The molecule has 2 aromatic heterocycles. The van der Waals surface area contributed by atoms with Crippen molar-refractivity contribution in [1.29, 1.82) is 0 Å². The van der Waals surface area contributed by atoms with Crippen molar-refractivity contribution in [2.24, 2.45) is 0 Å². The van der Waals surface area contributed by atoms with Crippen molar-refractivity contribution in [3.05, 3.63) is 46.3 Å². The number of hydrogen-bond acceptors (Lipinski definition) is 1. The van der Waals surface area contributed by atoms with Crippen LogP contribution in [0.2, 0.25) is 4.34 Å². The second-order valence-corrected chi connectivity index (χ2v) is 6.66. The number of nitrogens with one attached hydrogen (secondary N) is 1. The van der Waals surface area contributed by atoms with Gasteiger partial charge in [0.2, 0.25) is 0 Å². The third-order valence-corrected chi connectivity index (χ3v) is 4.93. The predicted octanol–water partition coefficient (Wildman–Crippen LogP) is 6.06. The highest BCUT2D eigenvalue weighted by Gasteiger charge is 2.08. The van der Waals surface area contributed by atoms with Crippen LogP contribution in [0.4, 0.5) is 0 Å². The largest absolute Gasteiger partial charge is 0.354 e. The molecule has 0 aliphatic carbocycles. The molecule has 19 heavy (non-hydrogen) atoms. The standard InChI is InChI=1S/C16H16ClNS/c1-3-10(2)11-4-5-13-12(8-11)9-14(18-13)15-6-7-16(17)19-15/h4-10,18H,3H2,1-2H3. The summed E-state index contributed by atoms with van der Waals surface area (Å²) in [5, 5.41) is 1.28. The van der Waals surface area contributed by atoms with Crippen LogP contribution in [-0.4, -0.2) is 4.98 Å². The minimum absolute atomic E-state index is 0.610. The van der Waals surface area contributed by atoms with Gasteiger partial charge in [0.05, 0.1) is 14.9 Å². The van der Waals surface area contributed by atoms with E-state index >= 15 is 0 Å². The van der Waals surface area contributed by atoms with Crippen molar-refractivity contribution in [2.75, 3.05) is 0 Å². The van der Waals surface area contributed by atoms with Crippen LogP contribution in [0.3, 0.4) is 0 Å². The van der Waals surface area contributed by atoms with Gasteiger partial charge in [-0.2, -0.15) is 0 Å². The Bertz CT molecular complexity index is 710. The van der Waals surface area contributed by atoms with E-state index in [1.54, 1.807) is 11.3 Å². The summed E-state index contributed by atoms with van der Waals surface area (Å²) in [5.74, 6) is 0.610. The van der Waals surface area contributed by atoms with Crippen molar-refractivity contribution in [3.8, 4) is 10.6 Å². The van der Waals surface area contributed by atoms with Crippen molar-refractivity contribution >= 4 is 33.8 Å². The van der Waals surface area contributed by atoms with E-state index in [1.165, 1.54) is 27.8 Å². The van der Waals surface area contributed by atoms with Gasteiger partial charge in [0.15, 0.2) is 0 Å². The molecule has 0 aliphatic heterocycles. The molecule has 0 radical (unpaired) electrons. The van der Waals surface area contributed by atoms with Gasteiger partial charge >= 0.3 is 0 Å². The van der Waals surface area contributed by atoms with Crippen LogP contribution in [0.5, 0.6) is 0 Å². The van der Waals surface area contributed by atoms with Crippen molar-refractivity contribution in [3.63, 3.8) is 0 Å². The molecule has 1 unspecified atom stereocenters. The molecule has 1 N–H and O–H groups in total. The summed E-state index contributed by atoms with van der Waals surface area (Å²) in [6.07, 6.45) is 1.17. The summed E-state index contributed by atoms with van der Waals surface area (Å²) in [6.45, 7) is 4.50. The van der Waals surface area contributed by atoms with Gasteiger partial charge in [0.1, 0.15) is 0 Å². The molecule has 98 valence electrons. The molecule has 3 rings (SSSR count). The molecule has 1 atom stereocenters. The van der Waals surface area contributed by atoms with E-state index in [4.69, 9.17) is 11.6 Å². The maximum absolute atomic E-state index is 6.00. The number of thiophene rings is 1. The van der Waals surface area contributed by atoms with Gasteiger partial charge in [-0.05, 0) is 48.2 Å². The molecule has 0 aliphatic rings. The van der Waals surface area contributed by atoms with Gasteiger partial charge in [-0.25, -0.2) is 0 Å². The molecule has 0 saturated carbocycles. The molecule has 2 heterocycles. The number of aromatic amines is 1. The zero-order valence-electron chi connectivity index (χ0n) is 11.0. The van der Waals surface area contributed by atoms with E-state index in [0.717, 1.165) is 10.0 Å². The summed E-state index contributed by atoms with van der Waals surface area (Å²) in [6, 6.07) is 12.9. The molecule has 0 fully saturated rings. The first-order valence-corrected chi connectivity index (χ1v) is 7.75. The fraction of sp³-hybridized carbons (Fsp3) is 0.250. The van der Waals surface area contributed by atoms with Gasteiger partial charge in [-0.15, -0.1) is 11.3 Å². The Morgan fingerprint density at radius 1 is 1.21 bits per heavy atom. The van der Waals surface area contributed by atoms with Crippen LogP contribution in [0.15, 0.2) is 36.4 Å². The summed E-state index contributed by atoms with van der Waals surface area (Å²) >= 11 is 7.60. The second-order valence-electron chi connectivity index (χ2n) is 4.94. The lowest BCUT2D eigenvalue weighted by atomic mass is 9.97. The average molecular weight is 290 g/mol. The highest BCUT2D eigenvalue weighted by Crippen LogP contribution is 2.33. The summed E-state index contributed by atoms with van der Waals surface area (Å²) in [5.41, 5.74) is 3.74. The lowest BCUT2D eigenvalue weighted by molar-refractivity contribution is 0.735. The number of H-pyrrole nitrogens is 1. The zero-order valence-corrected chi connectivity index (χ0v) is 12.6. The Balaban J connectivity index is 2.05. The molecule has 0 spiro atoms. The summed E-state index contributed by atoms with van der Waals surface area (Å²) in [4.78, 5) is 4.65. The predicted molar refractivity (Wildman–Crippen MR) is 85.3 cm³/mol. The van der Waals surface area contributed by atoms with Crippen LogP contribution in [-0.2, 0) is 0 Å². The third-order valence-electron chi connectivity index (χ3n) is 3.66. The molecule has 1 nitrogen and oxygen atoms in total. The Morgan fingerprint density at radius 2 is 2.05 bits per heavy atom. The van der Waals surface area contributed by atoms with Crippen LogP contribution >= 0.6 is 22.9 Å². The first-order valence-electron chi connectivity index (χ1n) is 6.55. The fourth-order valence-electron chi connectivity index (χ4n) is 2.29. The topological polar surface area (TPSA) is 15.8 Å². The highest BCUT2D eigenvalue weighted by molar-refractivity contribution is 7.19. The molecule has 0 bridgehead atoms. The molecular formula is C16H16ClNS. The zero-order chi connectivity index (χ0) is 13.4. The molecule has 0 amide bonds. The van der Waals surface area contributed by atoms with Gasteiger partial charge in [-0.3, -0.25) is 0 Å². The van der Waals surface area contributed by atoms with E-state index in [0.29, 0.717) is 5.92 Å². The molecule has 0 saturated heterocycles. The molecular weight excluding hydrogens is 274 g/mol. The summed E-state index contributed by atoms with van der Waals surface area (Å²) < 4.78 is 0.828. The Labute approximate surface area is 122 Å². The monoisotopic (exact) mass is 289 g/mol. The van der Waals surface area contributed by atoms with Gasteiger partial charge in [0, 0.05) is 10.9 Å². The number of halogens is 1. The molecule has 1 aromatic carbocycles. The number of aromatic nitrogens is 1. The minimum atomic E-state index is 0.610. The lowest BCUT2D eigenvalue weighted by Crippen LogP contribution is -1.89. The Morgan fingerprint density at radius 3 is 2.74 bits per heavy atom. The van der Waals surface area contributed by atoms with Crippen LogP contribution in [0.25, 0.3) is 21.5 Å². The number of hydrogen-bond donors (Lipinski definition) is 1. The first kappa shape index (κ1) is 12.8. The van der Waals surface area contributed by atoms with E-state index < -0.39 is 0 Å². The van der Waals surface area contributed by atoms with Gasteiger partial charge < -0.3 is 4.98 Å². The third kappa shape index (κ3) is 2.43. The fourth-order valence-corrected chi connectivity index (χ4v) is 3.30. The quantitative estimate of drug-likeness (QED) is 0.603. The number of rotatable bonds is 3. The van der Waals surface area contributed by atoms with E-state index in [2.05, 4.69) is 49.2 Å². The van der Waals surface area contributed by atoms with Gasteiger partial charge in [-0.1, -0.05) is 31.5 Å². The van der Waals surface area contributed by atoms with Gasteiger partial charge in [0.25, 0.3) is 0 Å². The van der Waals surface area contributed by atoms with Crippen LogP contribution in [0, 0.1) is 0 Å². The van der Waals surface area contributed by atoms with E-state index in [-0.39, 0.29) is 0 Å². The number of benzene rings is 1. The van der Waals surface area contributed by atoms with Crippen molar-refractivity contribution < 1.29 is 0 Å². The number of fused-ring (bicyclic) bond motifs is 1. The SMILES string of the molecule is CCC(C)c1ccc2[nH]c(-c3ccc(Cl)s3)cc2c1. The van der Waals surface area contributed by atoms with E-state index in [9.17, 15) is 0 Å². The lowest BCUT2D eigenvalue weighted by Gasteiger charge is -2.08. The van der Waals surface area contributed by atoms with E-state index in [1.807, 2.05) is 6.07 Å². The second kappa shape index (κ2) is 5.03. The maximum atomic E-state index is 6.00. The Hall–Kier alpha value is -1.25. The van der Waals surface area contributed by atoms with Crippen molar-refractivity contribution in [1.82, 2.24) is 4.98 Å². The maximum Gasteiger partial charge on any atom is 0.0935 e. The van der Waals surface area contributed by atoms with Crippen LogP contribution < -0.4 is 0 Å². The molecule has 3 aromatic rings. The smallest absolute Gasteiger partial charge is 0.0935 e. The average Bonchev–Trinajstić information content (AvgIpc) is 3.02. The molecule has 3 heteroatoms. The van der Waals surface area contributed by atoms with Crippen molar-refractivity contribution in [2.45, 2.75) is 26.2 Å². The highest BCUT2D eigenvalue weighted by atomic mass is 35.5. The minimum Gasteiger partial charge on any atom is -0.354 e. The first-order chi connectivity index (χ1) is 9.17. The van der Waals surface area contributed by atoms with Crippen LogP contribution in [0.1, 0.15) is 31.7 Å². The normalized spacial score (nSPS) is 13.0. The summed E-state index contributed by atoms with van der Waals surface area (Å²) in [7, 11) is 0. The Kier molecular flexibility index (Phi) is 3.38.